The number of benzene rings is 9. The number of rotatable bonds is 5. The lowest BCUT2D eigenvalue weighted by Gasteiger charge is -2.30. The number of thiophene rings is 1. The van der Waals surface area contributed by atoms with Crippen molar-refractivity contribution in [3.8, 4) is 78.7 Å². The van der Waals surface area contributed by atoms with Gasteiger partial charge in [0.2, 0.25) is 0 Å². The lowest BCUT2D eigenvalue weighted by atomic mass is 9.70. The van der Waals surface area contributed by atoms with Gasteiger partial charge in [-0.15, -0.1) is 11.3 Å². The van der Waals surface area contributed by atoms with E-state index in [1.165, 1.54) is 70.2 Å². The largest absolute Gasteiger partial charge is 0.208 e. The van der Waals surface area contributed by atoms with Crippen molar-refractivity contribution in [3.63, 3.8) is 0 Å². The third kappa shape index (κ3) is 5.08. The Morgan fingerprint density at radius 1 is 0.290 bits per heavy atom. The first-order valence-corrected chi connectivity index (χ1v) is 21.9. The van der Waals surface area contributed by atoms with Crippen LogP contribution in [0.1, 0.15) is 22.3 Å². The highest BCUT2D eigenvalue weighted by atomic mass is 32.1. The summed E-state index contributed by atoms with van der Waals surface area (Å²) in [4.78, 5) is 16.1. The van der Waals surface area contributed by atoms with Gasteiger partial charge in [-0.05, 0) is 85.0 Å². The molecule has 288 valence electrons. The highest BCUT2D eigenvalue weighted by Crippen LogP contribution is 2.63. The predicted molar refractivity (Wildman–Crippen MR) is 256 cm³/mol. The minimum atomic E-state index is -0.470. The van der Waals surface area contributed by atoms with Gasteiger partial charge in [-0.1, -0.05) is 194 Å². The summed E-state index contributed by atoms with van der Waals surface area (Å²) in [6.45, 7) is 0. The summed E-state index contributed by atoms with van der Waals surface area (Å²) in [6.07, 6.45) is 0. The zero-order chi connectivity index (χ0) is 40.8. The van der Waals surface area contributed by atoms with Crippen LogP contribution in [0, 0.1) is 0 Å². The topological polar surface area (TPSA) is 38.7 Å². The second-order valence-electron chi connectivity index (χ2n) is 16.2. The number of fused-ring (bicyclic) bond motifs is 13. The average molecular weight is 806 g/mol. The van der Waals surface area contributed by atoms with Crippen LogP contribution < -0.4 is 0 Å². The maximum absolute atomic E-state index is 5.43. The van der Waals surface area contributed by atoms with Crippen LogP contribution in [0.5, 0.6) is 0 Å². The third-order valence-corrected chi connectivity index (χ3v) is 14.2. The van der Waals surface area contributed by atoms with Crippen LogP contribution in [0.2, 0.25) is 0 Å². The molecule has 9 aromatic carbocycles. The average Bonchev–Trinajstić information content (AvgIpc) is 3.98. The van der Waals surface area contributed by atoms with E-state index in [0.717, 1.165) is 33.4 Å². The van der Waals surface area contributed by atoms with Crippen LogP contribution in [0.25, 0.3) is 98.8 Å². The first-order valence-electron chi connectivity index (χ1n) is 21.1. The molecule has 0 N–H and O–H groups in total. The summed E-state index contributed by atoms with van der Waals surface area (Å²) in [5.74, 6) is 1.92. The molecule has 0 radical (unpaired) electrons. The van der Waals surface area contributed by atoms with Crippen molar-refractivity contribution in [1.29, 1.82) is 0 Å². The summed E-state index contributed by atoms with van der Waals surface area (Å²) in [6, 6.07) is 76.6. The van der Waals surface area contributed by atoms with E-state index in [9.17, 15) is 0 Å². The maximum atomic E-state index is 5.43. The molecule has 0 atom stereocenters. The molecule has 0 amide bonds. The molecule has 0 unspecified atom stereocenters. The van der Waals surface area contributed by atoms with Gasteiger partial charge in [-0.2, -0.15) is 0 Å². The number of aromatic nitrogens is 3. The van der Waals surface area contributed by atoms with Gasteiger partial charge in [-0.25, -0.2) is 15.0 Å². The van der Waals surface area contributed by atoms with Crippen LogP contribution in [0.3, 0.4) is 0 Å². The lowest BCUT2D eigenvalue weighted by Crippen LogP contribution is -2.25. The van der Waals surface area contributed by atoms with E-state index >= 15 is 0 Å². The Morgan fingerprint density at radius 2 is 0.790 bits per heavy atom. The second-order valence-corrected chi connectivity index (χ2v) is 17.3. The molecule has 3 nitrogen and oxygen atoms in total. The van der Waals surface area contributed by atoms with Gasteiger partial charge in [0.15, 0.2) is 17.5 Å². The molecular weight excluding hydrogens is 771 g/mol. The Labute approximate surface area is 363 Å². The molecule has 62 heavy (non-hydrogen) atoms. The number of hydrogen-bond donors (Lipinski definition) is 0. The van der Waals surface area contributed by atoms with Crippen LogP contribution in [0.15, 0.2) is 212 Å². The summed E-state index contributed by atoms with van der Waals surface area (Å²) in [5.41, 5.74) is 17.0. The first-order chi connectivity index (χ1) is 30.7. The highest BCUT2D eigenvalue weighted by molar-refractivity contribution is 7.25. The summed E-state index contributed by atoms with van der Waals surface area (Å²) in [5, 5.41) is 2.59. The summed E-state index contributed by atoms with van der Waals surface area (Å²) < 4.78 is 2.61. The summed E-state index contributed by atoms with van der Waals surface area (Å²) >= 11 is 1.84. The molecule has 0 bridgehead atoms. The van der Waals surface area contributed by atoms with Gasteiger partial charge in [0.1, 0.15) is 0 Å². The third-order valence-electron chi connectivity index (χ3n) is 13.0. The van der Waals surface area contributed by atoms with E-state index in [0.29, 0.717) is 17.5 Å². The van der Waals surface area contributed by atoms with Gasteiger partial charge in [0.05, 0.1) is 5.41 Å². The Morgan fingerprint density at radius 3 is 1.53 bits per heavy atom. The normalized spacial score (nSPS) is 13.0. The van der Waals surface area contributed by atoms with Gasteiger partial charge in [0, 0.05) is 36.9 Å². The van der Waals surface area contributed by atoms with E-state index in [2.05, 4.69) is 212 Å². The zero-order valence-corrected chi connectivity index (χ0v) is 34.3. The molecule has 4 heteroatoms. The SMILES string of the molecule is c1ccc(-c2ccccc2-c2nc(-c3ccc(-c4ccc5sc6ccccc6c5c4)cc3)nc(-c3cccc4c3-c3ccccc3C43c4ccccc4-c4ccccc43)n2)cc1. The number of hydrogen-bond acceptors (Lipinski definition) is 4. The molecule has 11 aromatic rings. The second kappa shape index (κ2) is 13.6. The standard InChI is InChI=1S/C58H35N3S/c1-2-15-37(16-3-1)40-17-4-5-21-44(40)56-59-55(38-31-29-36(30-32-38)39-33-34-53-47(35-39)43-20-9-13-28-52(43)62-53)60-57(61-56)46-23-14-27-51-54(46)45-22-8-12-26-50(45)58(51)48-24-10-6-18-41(48)42-19-7-11-25-49(42)58/h1-35H. The zero-order valence-electron chi connectivity index (χ0n) is 33.5. The molecule has 2 aromatic heterocycles. The van der Waals surface area contributed by atoms with Crippen molar-refractivity contribution < 1.29 is 0 Å². The molecule has 2 aliphatic rings. The van der Waals surface area contributed by atoms with Crippen LogP contribution >= 0.6 is 11.3 Å². The Balaban J connectivity index is 1.02. The summed E-state index contributed by atoms with van der Waals surface area (Å²) in [7, 11) is 0. The number of nitrogens with zero attached hydrogens (tertiary/aromatic N) is 3. The molecular formula is C58H35N3S. The van der Waals surface area contributed by atoms with E-state index in [4.69, 9.17) is 15.0 Å². The van der Waals surface area contributed by atoms with Gasteiger partial charge >= 0.3 is 0 Å². The quantitative estimate of drug-likeness (QED) is 0.174. The monoisotopic (exact) mass is 805 g/mol. The van der Waals surface area contributed by atoms with Crippen LogP contribution in [-0.2, 0) is 5.41 Å². The van der Waals surface area contributed by atoms with Crippen molar-refractivity contribution in [2.24, 2.45) is 0 Å². The van der Waals surface area contributed by atoms with E-state index < -0.39 is 5.41 Å². The Bertz CT molecular complexity index is 3540. The van der Waals surface area contributed by atoms with Gasteiger partial charge < -0.3 is 0 Å². The molecule has 0 aliphatic heterocycles. The van der Waals surface area contributed by atoms with Crippen molar-refractivity contribution in [1.82, 2.24) is 15.0 Å². The lowest BCUT2D eigenvalue weighted by molar-refractivity contribution is 0.794. The van der Waals surface area contributed by atoms with Crippen LogP contribution in [0.4, 0.5) is 0 Å². The van der Waals surface area contributed by atoms with Crippen molar-refractivity contribution >= 4 is 31.5 Å². The fourth-order valence-electron chi connectivity index (χ4n) is 10.3. The van der Waals surface area contributed by atoms with Crippen molar-refractivity contribution in [2.75, 3.05) is 0 Å². The van der Waals surface area contributed by atoms with Gasteiger partial charge in [0.25, 0.3) is 0 Å². The molecule has 0 saturated heterocycles. The van der Waals surface area contributed by atoms with Crippen molar-refractivity contribution in [2.45, 2.75) is 5.41 Å². The Kier molecular flexibility index (Phi) is 7.69. The minimum Gasteiger partial charge on any atom is -0.208 e. The molecule has 0 fully saturated rings. The Hall–Kier alpha value is -7.79. The molecule has 2 aliphatic carbocycles. The van der Waals surface area contributed by atoms with Crippen LogP contribution in [-0.4, -0.2) is 15.0 Å². The minimum absolute atomic E-state index is 0.470. The van der Waals surface area contributed by atoms with Crippen molar-refractivity contribution in [3.05, 3.63) is 235 Å². The molecule has 1 spiro atoms. The van der Waals surface area contributed by atoms with Gasteiger partial charge in [-0.3, -0.25) is 0 Å². The molecule has 0 saturated carbocycles. The predicted octanol–water partition coefficient (Wildman–Crippen LogP) is 14.9. The van der Waals surface area contributed by atoms with E-state index in [1.54, 1.807) is 0 Å². The van der Waals surface area contributed by atoms with E-state index in [1.807, 2.05) is 11.3 Å². The first kappa shape index (κ1) is 35.0. The van der Waals surface area contributed by atoms with E-state index in [-0.39, 0.29) is 0 Å². The molecule has 13 rings (SSSR count). The molecule has 2 heterocycles. The fourth-order valence-corrected chi connectivity index (χ4v) is 11.4. The maximum Gasteiger partial charge on any atom is 0.164 e. The smallest absolute Gasteiger partial charge is 0.164 e. The fraction of sp³-hybridized carbons (Fsp3) is 0.0172. The highest BCUT2D eigenvalue weighted by Gasteiger charge is 2.52.